The normalized spacial score (nSPS) is 24.8. The first kappa shape index (κ1) is 17.2. The topological polar surface area (TPSA) is 46.6 Å². The van der Waals surface area contributed by atoms with Crippen LogP contribution in [0.4, 0.5) is 0 Å². The van der Waals surface area contributed by atoms with Crippen molar-refractivity contribution in [1.82, 2.24) is 4.90 Å². The standard InChI is InChI=1S/C16H29NO3/c1-7-8-20-13-9-14(12(3)18)17(10-13)15(19)11(2)16(4,5)6/h11,13-14H,7-10H2,1-6H3/t11-,13-,14+/m1/s1. The molecule has 1 heterocycles. The van der Waals surface area contributed by atoms with E-state index in [4.69, 9.17) is 4.74 Å². The van der Waals surface area contributed by atoms with Gasteiger partial charge in [-0.2, -0.15) is 0 Å². The third kappa shape index (κ3) is 4.05. The third-order valence-corrected chi connectivity index (χ3v) is 4.24. The minimum absolute atomic E-state index is 0.0000293. The molecule has 1 fully saturated rings. The van der Waals surface area contributed by atoms with Crippen LogP contribution in [0.3, 0.4) is 0 Å². The molecule has 0 bridgehead atoms. The molecular formula is C16H29NO3. The Morgan fingerprint density at radius 3 is 2.40 bits per heavy atom. The Kier molecular flexibility index (Phi) is 5.75. The molecule has 0 N–H and O–H groups in total. The number of carbonyl (C=O) groups excluding carboxylic acids is 2. The first-order valence-electron chi connectivity index (χ1n) is 7.61. The highest BCUT2D eigenvalue weighted by Crippen LogP contribution is 2.31. The van der Waals surface area contributed by atoms with Gasteiger partial charge in [-0.05, 0) is 18.8 Å². The number of rotatable bonds is 5. The van der Waals surface area contributed by atoms with E-state index in [1.807, 2.05) is 6.92 Å². The fraction of sp³-hybridized carbons (Fsp3) is 0.875. The van der Waals surface area contributed by atoms with Crippen molar-refractivity contribution in [3.05, 3.63) is 0 Å². The molecule has 0 aromatic carbocycles. The van der Waals surface area contributed by atoms with Gasteiger partial charge in [-0.15, -0.1) is 0 Å². The molecule has 0 aliphatic carbocycles. The Morgan fingerprint density at radius 2 is 1.95 bits per heavy atom. The molecule has 1 rings (SSSR count). The summed E-state index contributed by atoms with van der Waals surface area (Å²) >= 11 is 0. The summed E-state index contributed by atoms with van der Waals surface area (Å²) in [6.07, 6.45) is 1.59. The Hall–Kier alpha value is -0.900. The third-order valence-electron chi connectivity index (χ3n) is 4.24. The van der Waals surface area contributed by atoms with Gasteiger partial charge in [0.05, 0.1) is 12.1 Å². The summed E-state index contributed by atoms with van der Waals surface area (Å²) in [5.41, 5.74) is -0.0964. The Balaban J connectivity index is 2.80. The number of nitrogens with zero attached hydrogens (tertiary/aromatic N) is 1. The number of carbonyl (C=O) groups is 2. The molecule has 0 aromatic rings. The quantitative estimate of drug-likeness (QED) is 0.779. The van der Waals surface area contributed by atoms with Gasteiger partial charge in [-0.1, -0.05) is 34.6 Å². The fourth-order valence-corrected chi connectivity index (χ4v) is 2.45. The number of hydrogen-bond acceptors (Lipinski definition) is 3. The number of amides is 1. The molecule has 3 atom stereocenters. The van der Waals surface area contributed by atoms with Crippen molar-refractivity contribution < 1.29 is 14.3 Å². The average molecular weight is 283 g/mol. The van der Waals surface area contributed by atoms with E-state index in [0.717, 1.165) is 6.42 Å². The van der Waals surface area contributed by atoms with E-state index in [1.54, 1.807) is 11.8 Å². The lowest BCUT2D eigenvalue weighted by atomic mass is 9.81. The van der Waals surface area contributed by atoms with Gasteiger partial charge in [0.1, 0.15) is 0 Å². The molecule has 0 spiro atoms. The predicted octanol–water partition coefficient (Wildman–Crippen LogP) is 2.65. The van der Waals surface area contributed by atoms with Crippen LogP contribution < -0.4 is 0 Å². The molecule has 1 aliphatic heterocycles. The summed E-state index contributed by atoms with van der Waals surface area (Å²) in [6.45, 7) is 13.0. The summed E-state index contributed by atoms with van der Waals surface area (Å²) in [5, 5.41) is 0. The van der Waals surface area contributed by atoms with Crippen LogP contribution in [-0.2, 0) is 14.3 Å². The summed E-state index contributed by atoms with van der Waals surface area (Å²) in [6, 6.07) is -0.311. The molecule has 20 heavy (non-hydrogen) atoms. The SMILES string of the molecule is CCCO[C@@H]1C[C@@H](C(C)=O)N(C(=O)[C@@H](C)C(C)(C)C)C1. The highest BCUT2D eigenvalue weighted by atomic mass is 16.5. The maximum Gasteiger partial charge on any atom is 0.226 e. The molecule has 1 amide bonds. The molecule has 0 unspecified atom stereocenters. The van der Waals surface area contributed by atoms with E-state index in [-0.39, 0.29) is 35.2 Å². The second-order valence-corrected chi connectivity index (χ2v) is 6.93. The fourth-order valence-electron chi connectivity index (χ4n) is 2.45. The summed E-state index contributed by atoms with van der Waals surface area (Å²) < 4.78 is 5.73. The van der Waals surface area contributed by atoms with Gasteiger partial charge < -0.3 is 9.64 Å². The first-order chi connectivity index (χ1) is 9.18. The zero-order chi connectivity index (χ0) is 15.5. The number of likely N-dealkylation sites (tertiary alicyclic amines) is 1. The largest absolute Gasteiger partial charge is 0.376 e. The van der Waals surface area contributed by atoms with Crippen LogP contribution in [0.15, 0.2) is 0 Å². The predicted molar refractivity (Wildman–Crippen MR) is 79.4 cm³/mol. The summed E-state index contributed by atoms with van der Waals surface area (Å²) in [5.74, 6) is 0.0247. The molecule has 1 aliphatic rings. The van der Waals surface area contributed by atoms with Crippen LogP contribution in [0.1, 0.15) is 54.4 Å². The maximum atomic E-state index is 12.6. The van der Waals surface area contributed by atoms with Gasteiger partial charge in [-0.25, -0.2) is 0 Å². The number of Topliss-reactive ketones (excluding diaryl/α,β-unsaturated/α-hetero) is 1. The Labute approximate surface area is 122 Å². The zero-order valence-corrected chi connectivity index (χ0v) is 13.7. The maximum absolute atomic E-state index is 12.6. The molecule has 4 nitrogen and oxygen atoms in total. The van der Waals surface area contributed by atoms with Crippen LogP contribution in [0.25, 0.3) is 0 Å². The lowest BCUT2D eigenvalue weighted by Crippen LogP contribution is -2.45. The van der Waals surface area contributed by atoms with E-state index < -0.39 is 0 Å². The van der Waals surface area contributed by atoms with Crippen molar-refractivity contribution in [3.8, 4) is 0 Å². The molecule has 116 valence electrons. The van der Waals surface area contributed by atoms with Crippen LogP contribution in [0, 0.1) is 11.3 Å². The second-order valence-electron chi connectivity index (χ2n) is 6.93. The minimum atomic E-state index is -0.311. The molecule has 0 radical (unpaired) electrons. The minimum Gasteiger partial charge on any atom is -0.376 e. The van der Waals surface area contributed by atoms with E-state index >= 15 is 0 Å². The first-order valence-corrected chi connectivity index (χ1v) is 7.61. The summed E-state index contributed by atoms with van der Waals surface area (Å²) in [4.78, 5) is 26.2. The number of hydrogen-bond donors (Lipinski definition) is 0. The molecule has 0 aromatic heterocycles. The average Bonchev–Trinajstić information content (AvgIpc) is 2.77. The molecule has 4 heteroatoms. The van der Waals surface area contributed by atoms with E-state index in [0.29, 0.717) is 19.6 Å². The van der Waals surface area contributed by atoms with Crippen LogP contribution >= 0.6 is 0 Å². The van der Waals surface area contributed by atoms with Gasteiger partial charge >= 0.3 is 0 Å². The van der Waals surface area contributed by atoms with Crippen molar-refractivity contribution in [2.75, 3.05) is 13.2 Å². The lowest BCUT2D eigenvalue weighted by molar-refractivity contribution is -0.143. The smallest absolute Gasteiger partial charge is 0.226 e. The van der Waals surface area contributed by atoms with E-state index in [9.17, 15) is 9.59 Å². The van der Waals surface area contributed by atoms with Gasteiger partial charge in [0.25, 0.3) is 0 Å². The van der Waals surface area contributed by atoms with Crippen LogP contribution in [0.5, 0.6) is 0 Å². The Morgan fingerprint density at radius 1 is 1.35 bits per heavy atom. The zero-order valence-electron chi connectivity index (χ0n) is 13.7. The van der Waals surface area contributed by atoms with Crippen LogP contribution in [-0.4, -0.2) is 41.9 Å². The van der Waals surface area contributed by atoms with Gasteiger partial charge in [0, 0.05) is 25.5 Å². The number of ketones is 1. The second kappa shape index (κ2) is 6.70. The van der Waals surface area contributed by atoms with E-state index in [2.05, 4.69) is 27.7 Å². The highest BCUT2D eigenvalue weighted by molar-refractivity contribution is 5.89. The molecule has 0 saturated carbocycles. The summed E-state index contributed by atoms with van der Waals surface area (Å²) in [7, 11) is 0. The lowest BCUT2D eigenvalue weighted by Gasteiger charge is -2.32. The van der Waals surface area contributed by atoms with Crippen molar-refractivity contribution in [2.45, 2.75) is 66.5 Å². The molecular weight excluding hydrogens is 254 g/mol. The van der Waals surface area contributed by atoms with Crippen LogP contribution in [0.2, 0.25) is 0 Å². The van der Waals surface area contributed by atoms with Crippen molar-refractivity contribution in [2.24, 2.45) is 11.3 Å². The van der Waals surface area contributed by atoms with Crippen molar-refractivity contribution >= 4 is 11.7 Å². The number of ether oxygens (including phenoxy) is 1. The van der Waals surface area contributed by atoms with Crippen molar-refractivity contribution in [3.63, 3.8) is 0 Å². The monoisotopic (exact) mass is 283 g/mol. The van der Waals surface area contributed by atoms with Gasteiger partial charge in [0.2, 0.25) is 5.91 Å². The van der Waals surface area contributed by atoms with E-state index in [1.165, 1.54) is 0 Å². The highest BCUT2D eigenvalue weighted by Gasteiger charge is 2.41. The van der Waals surface area contributed by atoms with Crippen molar-refractivity contribution in [1.29, 1.82) is 0 Å². The van der Waals surface area contributed by atoms with Gasteiger partial charge in [0.15, 0.2) is 5.78 Å². The molecule has 1 saturated heterocycles. The Bertz CT molecular complexity index is 359. The van der Waals surface area contributed by atoms with Gasteiger partial charge in [-0.3, -0.25) is 9.59 Å².